The molecule has 0 amide bonds. The monoisotopic (exact) mass is 270 g/mol. The van der Waals surface area contributed by atoms with E-state index in [1.807, 2.05) is 0 Å². The first-order valence-corrected chi connectivity index (χ1v) is 7.46. The molecule has 2 heteroatoms. The van der Waals surface area contributed by atoms with Gasteiger partial charge in [0.2, 0.25) is 0 Å². The number of aryl methyl sites for hydroxylation is 1. The molecule has 0 radical (unpaired) electrons. The van der Waals surface area contributed by atoms with Gasteiger partial charge in [0.05, 0.1) is 14.2 Å². The van der Waals surface area contributed by atoms with Crippen molar-refractivity contribution in [2.24, 2.45) is 0 Å². The van der Waals surface area contributed by atoms with E-state index in [9.17, 15) is 0 Å². The third-order valence-electron chi connectivity index (χ3n) is 4.51. The predicted octanol–water partition coefficient (Wildman–Crippen LogP) is 4.69. The Morgan fingerprint density at radius 2 is 1.90 bits per heavy atom. The third-order valence-corrected chi connectivity index (χ3v) is 4.51. The molecule has 106 valence electrons. The minimum atomic E-state index is 0.620. The van der Waals surface area contributed by atoms with Crippen molar-refractivity contribution in [3.8, 4) is 11.5 Å². The molecule has 20 heavy (non-hydrogen) atoms. The highest BCUT2D eigenvalue weighted by Crippen LogP contribution is 2.48. The van der Waals surface area contributed by atoms with Crippen molar-refractivity contribution >= 4 is 10.8 Å². The summed E-state index contributed by atoms with van der Waals surface area (Å²) in [5, 5.41) is 2.59. The molecule has 0 saturated heterocycles. The smallest absolute Gasteiger partial charge is 0.164 e. The van der Waals surface area contributed by atoms with Crippen molar-refractivity contribution in [2.45, 2.75) is 38.5 Å². The molecule has 0 spiro atoms. The Labute approximate surface area is 120 Å². The topological polar surface area (TPSA) is 18.5 Å². The molecule has 1 aliphatic carbocycles. The van der Waals surface area contributed by atoms with Gasteiger partial charge < -0.3 is 9.47 Å². The van der Waals surface area contributed by atoms with E-state index in [1.54, 1.807) is 14.2 Å². The van der Waals surface area contributed by atoms with Crippen LogP contribution >= 0.6 is 0 Å². The van der Waals surface area contributed by atoms with Gasteiger partial charge in [-0.3, -0.25) is 0 Å². The summed E-state index contributed by atoms with van der Waals surface area (Å²) in [4.78, 5) is 0. The summed E-state index contributed by atoms with van der Waals surface area (Å²) in [7, 11) is 3.46. The van der Waals surface area contributed by atoms with E-state index in [0.29, 0.717) is 5.92 Å². The highest BCUT2D eigenvalue weighted by atomic mass is 16.5. The molecular formula is C18H22O2. The van der Waals surface area contributed by atoms with Gasteiger partial charge in [-0.05, 0) is 47.6 Å². The van der Waals surface area contributed by atoms with Gasteiger partial charge in [-0.15, -0.1) is 0 Å². The van der Waals surface area contributed by atoms with E-state index in [2.05, 4.69) is 31.2 Å². The van der Waals surface area contributed by atoms with Gasteiger partial charge in [0.15, 0.2) is 11.5 Å². The van der Waals surface area contributed by atoms with Crippen LogP contribution in [0.2, 0.25) is 0 Å². The van der Waals surface area contributed by atoms with Crippen LogP contribution in [0, 0.1) is 0 Å². The average Bonchev–Trinajstić information content (AvgIpc) is 2.44. The fourth-order valence-corrected chi connectivity index (χ4v) is 3.12. The maximum Gasteiger partial charge on any atom is 0.164 e. The van der Waals surface area contributed by atoms with Crippen LogP contribution in [0.25, 0.3) is 10.8 Å². The van der Waals surface area contributed by atoms with E-state index >= 15 is 0 Å². The lowest BCUT2D eigenvalue weighted by atomic mass is 9.77. The minimum Gasteiger partial charge on any atom is -0.493 e. The quantitative estimate of drug-likeness (QED) is 0.802. The maximum absolute atomic E-state index is 5.66. The van der Waals surface area contributed by atoms with Gasteiger partial charge in [-0.25, -0.2) is 0 Å². The second-order valence-corrected chi connectivity index (χ2v) is 5.56. The van der Waals surface area contributed by atoms with Crippen LogP contribution in [0.4, 0.5) is 0 Å². The number of rotatable bonds is 4. The van der Waals surface area contributed by atoms with Crippen molar-refractivity contribution in [1.29, 1.82) is 0 Å². The van der Waals surface area contributed by atoms with E-state index in [1.165, 1.54) is 41.2 Å². The molecule has 0 unspecified atom stereocenters. The predicted molar refractivity (Wildman–Crippen MR) is 83.0 cm³/mol. The zero-order valence-electron chi connectivity index (χ0n) is 12.5. The molecule has 1 fully saturated rings. The van der Waals surface area contributed by atoms with Crippen molar-refractivity contribution in [2.75, 3.05) is 14.2 Å². The average molecular weight is 270 g/mol. The van der Waals surface area contributed by atoms with Gasteiger partial charge in [0.1, 0.15) is 0 Å². The van der Waals surface area contributed by atoms with Gasteiger partial charge in [-0.1, -0.05) is 31.5 Å². The molecule has 2 nitrogen and oxygen atoms in total. The van der Waals surface area contributed by atoms with Gasteiger partial charge >= 0.3 is 0 Å². The van der Waals surface area contributed by atoms with Gasteiger partial charge in [0.25, 0.3) is 0 Å². The standard InChI is InChI=1S/C18H22O2/c1-4-12-8-9-15-14(10-12)11-16(19-2)18(20-3)17(15)13-6-5-7-13/h8-11,13H,4-7H2,1-3H3. The van der Waals surface area contributed by atoms with Crippen LogP contribution in [-0.2, 0) is 6.42 Å². The number of hydrogen-bond acceptors (Lipinski definition) is 2. The van der Waals surface area contributed by atoms with E-state index < -0.39 is 0 Å². The summed E-state index contributed by atoms with van der Waals surface area (Å²) >= 11 is 0. The molecule has 1 saturated carbocycles. The first-order valence-electron chi connectivity index (χ1n) is 7.46. The van der Waals surface area contributed by atoms with Crippen LogP contribution in [0.3, 0.4) is 0 Å². The number of hydrogen-bond donors (Lipinski definition) is 0. The summed E-state index contributed by atoms with van der Waals surface area (Å²) in [5.41, 5.74) is 2.71. The molecule has 2 aromatic rings. The van der Waals surface area contributed by atoms with Crippen LogP contribution < -0.4 is 9.47 Å². The molecule has 0 heterocycles. The Morgan fingerprint density at radius 1 is 1.10 bits per heavy atom. The lowest BCUT2D eigenvalue weighted by molar-refractivity contribution is 0.339. The first-order chi connectivity index (χ1) is 9.78. The third kappa shape index (κ3) is 2.04. The second kappa shape index (κ2) is 5.35. The SMILES string of the molecule is CCc1ccc2c(C3CCC3)c(OC)c(OC)cc2c1. The van der Waals surface area contributed by atoms with Crippen molar-refractivity contribution in [3.63, 3.8) is 0 Å². The van der Waals surface area contributed by atoms with Crippen LogP contribution in [-0.4, -0.2) is 14.2 Å². The molecule has 3 rings (SSSR count). The molecular weight excluding hydrogens is 248 g/mol. The minimum absolute atomic E-state index is 0.620. The van der Waals surface area contributed by atoms with Gasteiger partial charge in [0, 0.05) is 5.56 Å². The highest BCUT2D eigenvalue weighted by molar-refractivity contribution is 5.91. The number of benzene rings is 2. The Balaban J connectivity index is 2.28. The van der Waals surface area contributed by atoms with Gasteiger partial charge in [-0.2, -0.15) is 0 Å². The first kappa shape index (κ1) is 13.3. The molecule has 0 bridgehead atoms. The molecule has 0 atom stereocenters. The Morgan fingerprint density at radius 3 is 2.45 bits per heavy atom. The van der Waals surface area contributed by atoms with Crippen molar-refractivity contribution in [3.05, 3.63) is 35.4 Å². The lowest BCUT2D eigenvalue weighted by Crippen LogP contribution is -2.11. The summed E-state index contributed by atoms with van der Waals surface area (Å²) in [5.74, 6) is 2.40. The molecule has 1 aliphatic rings. The largest absolute Gasteiger partial charge is 0.493 e. The molecule has 2 aromatic carbocycles. The summed E-state index contributed by atoms with van der Waals surface area (Å²) in [6, 6.07) is 8.87. The van der Waals surface area contributed by atoms with Crippen LogP contribution in [0.15, 0.2) is 24.3 Å². The molecule has 0 aliphatic heterocycles. The van der Waals surface area contributed by atoms with Crippen LogP contribution in [0.1, 0.15) is 43.2 Å². The fraction of sp³-hybridized carbons (Fsp3) is 0.444. The lowest BCUT2D eigenvalue weighted by Gasteiger charge is -2.29. The second-order valence-electron chi connectivity index (χ2n) is 5.56. The summed E-state index contributed by atoms with van der Waals surface area (Å²) < 4.78 is 11.2. The zero-order valence-corrected chi connectivity index (χ0v) is 12.5. The number of ether oxygens (including phenoxy) is 2. The zero-order chi connectivity index (χ0) is 14.1. The summed E-state index contributed by atoms with van der Waals surface area (Å²) in [6.07, 6.45) is 4.89. The highest BCUT2D eigenvalue weighted by Gasteiger charge is 2.27. The normalized spacial score (nSPS) is 15.2. The van der Waals surface area contributed by atoms with Crippen molar-refractivity contribution in [1.82, 2.24) is 0 Å². The Hall–Kier alpha value is -1.70. The van der Waals surface area contributed by atoms with E-state index in [4.69, 9.17) is 9.47 Å². The van der Waals surface area contributed by atoms with E-state index in [0.717, 1.165) is 17.9 Å². The summed E-state index contributed by atoms with van der Waals surface area (Å²) in [6.45, 7) is 2.19. The number of fused-ring (bicyclic) bond motifs is 1. The van der Waals surface area contributed by atoms with Crippen LogP contribution in [0.5, 0.6) is 11.5 Å². The van der Waals surface area contributed by atoms with Crippen molar-refractivity contribution < 1.29 is 9.47 Å². The Kier molecular flexibility index (Phi) is 3.56. The number of methoxy groups -OCH3 is 2. The maximum atomic E-state index is 5.66. The molecule has 0 aromatic heterocycles. The Bertz CT molecular complexity index is 627. The molecule has 0 N–H and O–H groups in total. The fourth-order valence-electron chi connectivity index (χ4n) is 3.12. The van der Waals surface area contributed by atoms with E-state index in [-0.39, 0.29) is 0 Å².